The fourth-order valence-corrected chi connectivity index (χ4v) is 3.22. The average molecular weight is 375 g/mol. The topological polar surface area (TPSA) is 95.0 Å². The number of nitrogens with one attached hydrogen (secondary N) is 2. The molecule has 0 aliphatic carbocycles. The molecule has 0 fully saturated rings. The van der Waals surface area contributed by atoms with Crippen molar-refractivity contribution in [2.24, 2.45) is 5.92 Å². The number of ether oxygens (including phenoxy) is 1. The van der Waals surface area contributed by atoms with E-state index in [1.54, 1.807) is 37.3 Å². The Balaban J connectivity index is 1.76. The van der Waals surface area contributed by atoms with Crippen molar-refractivity contribution in [1.29, 1.82) is 5.26 Å². The van der Waals surface area contributed by atoms with Crippen LogP contribution in [0.4, 0.5) is 0 Å². The number of hydrogen-bond donors (Lipinski definition) is 2. The standard InChI is InChI=1S/C22H21N3O3/c1-14(25-21(26)18-6-7-20-17(12-18)8-9-24-20)19(22(27)28-2)11-15-4-3-5-16(10-15)13-23/h3-10,12,14,19,24H,11H2,1-2H3,(H,25,26). The summed E-state index contributed by atoms with van der Waals surface area (Å²) in [5.74, 6) is -1.23. The van der Waals surface area contributed by atoms with Gasteiger partial charge in [-0.25, -0.2) is 0 Å². The molecule has 0 spiro atoms. The number of amides is 1. The van der Waals surface area contributed by atoms with Crippen LogP contribution in [0, 0.1) is 17.2 Å². The molecular formula is C22H21N3O3. The molecule has 6 nitrogen and oxygen atoms in total. The Hall–Kier alpha value is -3.59. The molecule has 3 rings (SSSR count). The first kappa shape index (κ1) is 19.2. The first-order valence-electron chi connectivity index (χ1n) is 8.96. The van der Waals surface area contributed by atoms with Crippen molar-refractivity contribution < 1.29 is 14.3 Å². The van der Waals surface area contributed by atoms with E-state index in [0.29, 0.717) is 17.5 Å². The van der Waals surface area contributed by atoms with Crippen LogP contribution >= 0.6 is 0 Å². The van der Waals surface area contributed by atoms with Gasteiger partial charge in [-0.2, -0.15) is 5.26 Å². The zero-order valence-corrected chi connectivity index (χ0v) is 15.7. The van der Waals surface area contributed by atoms with Gasteiger partial charge in [0.15, 0.2) is 0 Å². The molecule has 6 heteroatoms. The fourth-order valence-electron chi connectivity index (χ4n) is 3.22. The van der Waals surface area contributed by atoms with Gasteiger partial charge in [0, 0.05) is 28.7 Å². The van der Waals surface area contributed by atoms with Crippen LogP contribution in [0.3, 0.4) is 0 Å². The molecule has 2 unspecified atom stereocenters. The van der Waals surface area contributed by atoms with Gasteiger partial charge in [0.25, 0.3) is 5.91 Å². The Morgan fingerprint density at radius 3 is 2.79 bits per heavy atom. The second-order valence-corrected chi connectivity index (χ2v) is 6.69. The molecule has 142 valence electrons. The lowest BCUT2D eigenvalue weighted by molar-refractivity contribution is -0.146. The zero-order valence-electron chi connectivity index (χ0n) is 15.7. The van der Waals surface area contributed by atoms with Crippen LogP contribution in [0.2, 0.25) is 0 Å². The number of benzene rings is 2. The number of carbonyl (C=O) groups excluding carboxylic acids is 2. The molecule has 3 aromatic rings. The van der Waals surface area contributed by atoms with Crippen LogP contribution in [0.1, 0.15) is 28.4 Å². The van der Waals surface area contributed by atoms with Gasteiger partial charge in [-0.3, -0.25) is 9.59 Å². The molecule has 0 radical (unpaired) electrons. The minimum atomic E-state index is -0.570. The third kappa shape index (κ3) is 4.21. The van der Waals surface area contributed by atoms with E-state index in [1.807, 2.05) is 24.4 Å². The number of rotatable bonds is 6. The summed E-state index contributed by atoms with van der Waals surface area (Å²) >= 11 is 0. The Labute approximate surface area is 163 Å². The van der Waals surface area contributed by atoms with Gasteiger partial charge in [0.05, 0.1) is 24.7 Å². The number of esters is 1. The molecule has 0 saturated carbocycles. The van der Waals surface area contributed by atoms with E-state index in [2.05, 4.69) is 16.4 Å². The van der Waals surface area contributed by atoms with Crippen molar-refractivity contribution in [2.45, 2.75) is 19.4 Å². The lowest BCUT2D eigenvalue weighted by atomic mass is 9.92. The third-order valence-corrected chi connectivity index (χ3v) is 4.79. The number of methoxy groups -OCH3 is 1. The normalized spacial score (nSPS) is 12.8. The van der Waals surface area contributed by atoms with Gasteiger partial charge < -0.3 is 15.0 Å². The SMILES string of the molecule is COC(=O)C(Cc1cccc(C#N)c1)C(C)NC(=O)c1ccc2[nH]ccc2c1. The van der Waals surface area contributed by atoms with E-state index >= 15 is 0 Å². The summed E-state index contributed by atoms with van der Waals surface area (Å²) in [7, 11) is 1.33. The molecule has 2 N–H and O–H groups in total. The van der Waals surface area contributed by atoms with Gasteiger partial charge in [-0.05, 0) is 55.3 Å². The minimum absolute atomic E-state index is 0.254. The molecule has 2 aromatic carbocycles. The summed E-state index contributed by atoms with van der Waals surface area (Å²) in [6.45, 7) is 1.78. The number of nitrogens with zero attached hydrogens (tertiary/aromatic N) is 1. The van der Waals surface area contributed by atoms with E-state index < -0.39 is 17.9 Å². The number of H-pyrrole nitrogens is 1. The zero-order chi connectivity index (χ0) is 20.1. The smallest absolute Gasteiger partial charge is 0.311 e. The quantitative estimate of drug-likeness (QED) is 0.647. The van der Waals surface area contributed by atoms with Crippen molar-refractivity contribution >= 4 is 22.8 Å². The second kappa shape index (κ2) is 8.40. The molecule has 0 aliphatic heterocycles. The Morgan fingerprint density at radius 1 is 1.21 bits per heavy atom. The lowest BCUT2D eigenvalue weighted by Gasteiger charge is -2.23. The van der Waals surface area contributed by atoms with Crippen LogP contribution < -0.4 is 5.32 Å². The maximum Gasteiger partial charge on any atom is 0.311 e. The summed E-state index contributed by atoms with van der Waals surface area (Å²) in [5.41, 5.74) is 2.84. The molecular weight excluding hydrogens is 354 g/mol. The minimum Gasteiger partial charge on any atom is -0.469 e. The summed E-state index contributed by atoms with van der Waals surface area (Å²) in [5, 5.41) is 12.9. The van der Waals surface area contributed by atoms with E-state index in [-0.39, 0.29) is 5.91 Å². The van der Waals surface area contributed by atoms with Crippen LogP contribution in [0.15, 0.2) is 54.7 Å². The number of hydrogen-bond acceptors (Lipinski definition) is 4. The molecule has 0 saturated heterocycles. The number of nitriles is 1. The maximum atomic E-state index is 12.7. The maximum absolute atomic E-state index is 12.7. The van der Waals surface area contributed by atoms with Crippen LogP contribution in [0.5, 0.6) is 0 Å². The summed E-state index contributed by atoms with van der Waals surface area (Å²) in [6.07, 6.45) is 2.18. The predicted octanol–water partition coefficient (Wildman–Crippen LogP) is 3.19. The van der Waals surface area contributed by atoms with Crippen molar-refractivity contribution in [1.82, 2.24) is 10.3 Å². The molecule has 0 aliphatic rings. The van der Waals surface area contributed by atoms with Gasteiger partial charge in [-0.15, -0.1) is 0 Å². The summed E-state index contributed by atoms with van der Waals surface area (Å²) < 4.78 is 4.94. The number of carbonyl (C=O) groups is 2. The first-order chi connectivity index (χ1) is 13.5. The molecule has 2 atom stereocenters. The Kier molecular flexibility index (Phi) is 5.75. The average Bonchev–Trinajstić information content (AvgIpc) is 3.19. The van der Waals surface area contributed by atoms with Crippen LogP contribution in [0.25, 0.3) is 10.9 Å². The van der Waals surface area contributed by atoms with E-state index in [4.69, 9.17) is 10.00 Å². The van der Waals surface area contributed by atoms with Crippen LogP contribution in [-0.4, -0.2) is 30.0 Å². The Morgan fingerprint density at radius 2 is 2.04 bits per heavy atom. The monoisotopic (exact) mass is 375 g/mol. The van der Waals surface area contributed by atoms with E-state index in [9.17, 15) is 9.59 Å². The van der Waals surface area contributed by atoms with E-state index in [1.165, 1.54) is 7.11 Å². The highest BCUT2D eigenvalue weighted by Gasteiger charge is 2.28. The van der Waals surface area contributed by atoms with E-state index in [0.717, 1.165) is 16.5 Å². The number of aromatic amines is 1. The molecule has 0 bridgehead atoms. The number of fused-ring (bicyclic) bond motifs is 1. The molecule has 1 heterocycles. The van der Waals surface area contributed by atoms with Gasteiger partial charge in [0.2, 0.25) is 0 Å². The lowest BCUT2D eigenvalue weighted by Crippen LogP contribution is -2.42. The van der Waals surface area contributed by atoms with Crippen LogP contribution in [-0.2, 0) is 16.0 Å². The third-order valence-electron chi connectivity index (χ3n) is 4.79. The molecule has 28 heavy (non-hydrogen) atoms. The largest absolute Gasteiger partial charge is 0.469 e. The summed E-state index contributed by atoms with van der Waals surface area (Å²) in [4.78, 5) is 28.1. The fraction of sp³-hybridized carbons (Fsp3) is 0.227. The predicted molar refractivity (Wildman–Crippen MR) is 106 cm³/mol. The molecule has 1 aromatic heterocycles. The summed E-state index contributed by atoms with van der Waals surface area (Å²) in [6, 6.07) is 16.0. The van der Waals surface area contributed by atoms with Crippen molar-refractivity contribution in [3.8, 4) is 6.07 Å². The highest BCUT2D eigenvalue weighted by atomic mass is 16.5. The Bertz CT molecular complexity index is 1050. The van der Waals surface area contributed by atoms with Crippen molar-refractivity contribution in [3.63, 3.8) is 0 Å². The first-order valence-corrected chi connectivity index (χ1v) is 8.96. The van der Waals surface area contributed by atoms with Crippen molar-refractivity contribution in [3.05, 3.63) is 71.4 Å². The van der Waals surface area contributed by atoms with Gasteiger partial charge in [-0.1, -0.05) is 12.1 Å². The highest BCUT2D eigenvalue weighted by molar-refractivity contribution is 5.98. The number of aromatic nitrogens is 1. The second-order valence-electron chi connectivity index (χ2n) is 6.69. The van der Waals surface area contributed by atoms with Gasteiger partial charge in [0.1, 0.15) is 0 Å². The van der Waals surface area contributed by atoms with Crippen molar-refractivity contribution in [2.75, 3.05) is 7.11 Å². The molecule has 1 amide bonds. The highest BCUT2D eigenvalue weighted by Crippen LogP contribution is 2.18. The van der Waals surface area contributed by atoms with Gasteiger partial charge >= 0.3 is 5.97 Å².